The van der Waals surface area contributed by atoms with Crippen molar-refractivity contribution in [2.45, 2.75) is 37.0 Å². The van der Waals surface area contributed by atoms with Crippen molar-refractivity contribution in [3.05, 3.63) is 34.3 Å². The van der Waals surface area contributed by atoms with Gasteiger partial charge in [-0.15, -0.1) is 0 Å². The summed E-state index contributed by atoms with van der Waals surface area (Å²) in [7, 11) is -3.17. The van der Waals surface area contributed by atoms with Crippen molar-refractivity contribution in [2.24, 2.45) is 0 Å². The average molecular weight is 374 g/mol. The van der Waals surface area contributed by atoms with Crippen LogP contribution < -0.4 is 0 Å². The topological polar surface area (TPSA) is 46.6 Å². The fourth-order valence-electron chi connectivity index (χ4n) is 3.13. The Morgan fingerprint density at radius 1 is 1.14 bits per heavy atom. The molecule has 0 N–H and O–H groups in total. The highest BCUT2D eigenvalue weighted by Gasteiger charge is 2.37. The molecule has 0 amide bonds. The molecule has 1 atom stereocenters. The van der Waals surface area contributed by atoms with Gasteiger partial charge in [0.25, 0.3) is 0 Å². The van der Waals surface area contributed by atoms with E-state index < -0.39 is 10.0 Å². The van der Waals surface area contributed by atoms with Crippen LogP contribution in [-0.4, -0.2) is 37.7 Å². The lowest BCUT2D eigenvalue weighted by Crippen LogP contribution is -2.45. The van der Waals surface area contributed by atoms with Gasteiger partial charge in [-0.2, -0.15) is 4.31 Å². The highest BCUT2D eigenvalue weighted by atomic mass is 79.9. The van der Waals surface area contributed by atoms with Crippen molar-refractivity contribution in [3.8, 4) is 0 Å². The Bertz CT molecular complexity index is 581. The molecule has 1 unspecified atom stereocenters. The third-order valence-corrected chi connectivity index (χ3v) is 7.25. The molecule has 0 radical (unpaired) electrons. The summed E-state index contributed by atoms with van der Waals surface area (Å²) < 4.78 is 33.8. The molecule has 116 valence electrons. The second kappa shape index (κ2) is 6.36. The zero-order valence-electron chi connectivity index (χ0n) is 11.9. The fraction of sp³-hybridized carbons (Fsp3) is 0.600. The van der Waals surface area contributed by atoms with E-state index in [0.717, 1.165) is 35.7 Å². The lowest BCUT2D eigenvalue weighted by molar-refractivity contribution is -0.00283. The van der Waals surface area contributed by atoms with Crippen LogP contribution in [0.3, 0.4) is 0 Å². The van der Waals surface area contributed by atoms with Crippen LogP contribution >= 0.6 is 15.9 Å². The van der Waals surface area contributed by atoms with Crippen LogP contribution in [0.4, 0.5) is 0 Å². The number of nitrogens with zero attached hydrogens (tertiary/aromatic N) is 1. The molecule has 1 heterocycles. The second-order valence-electron chi connectivity index (χ2n) is 5.72. The van der Waals surface area contributed by atoms with Gasteiger partial charge in [-0.05, 0) is 30.5 Å². The third kappa shape index (κ3) is 3.33. The van der Waals surface area contributed by atoms with E-state index >= 15 is 0 Å². The summed E-state index contributed by atoms with van der Waals surface area (Å²) in [6.07, 6.45) is 3.52. The maximum atomic E-state index is 12.7. The lowest BCUT2D eigenvalue weighted by atomic mass is 10.1. The average Bonchev–Trinajstić information content (AvgIpc) is 3.03. The molecule has 6 heteroatoms. The van der Waals surface area contributed by atoms with Gasteiger partial charge in [0.2, 0.25) is 10.0 Å². The van der Waals surface area contributed by atoms with Gasteiger partial charge >= 0.3 is 0 Å². The van der Waals surface area contributed by atoms with Gasteiger partial charge in [0.05, 0.1) is 18.0 Å². The number of ether oxygens (including phenoxy) is 1. The van der Waals surface area contributed by atoms with Crippen molar-refractivity contribution in [1.29, 1.82) is 0 Å². The first-order chi connectivity index (χ1) is 10.1. The largest absolute Gasteiger partial charge is 0.371 e. The van der Waals surface area contributed by atoms with Gasteiger partial charge in [0.15, 0.2) is 0 Å². The first kappa shape index (κ1) is 15.5. The summed E-state index contributed by atoms with van der Waals surface area (Å²) in [4.78, 5) is 0. The second-order valence-corrected chi connectivity index (χ2v) is 8.85. The summed E-state index contributed by atoms with van der Waals surface area (Å²) in [5.74, 6) is 0. The van der Waals surface area contributed by atoms with Gasteiger partial charge in [-0.25, -0.2) is 8.42 Å². The molecule has 0 aromatic heterocycles. The minimum Gasteiger partial charge on any atom is -0.371 e. The minimum absolute atomic E-state index is 0.164. The molecule has 1 saturated heterocycles. The normalized spacial score (nSPS) is 25.3. The first-order valence-corrected chi connectivity index (χ1v) is 9.73. The van der Waals surface area contributed by atoms with Crippen LogP contribution in [0, 0.1) is 0 Å². The monoisotopic (exact) mass is 373 g/mol. The molecule has 1 aromatic carbocycles. The van der Waals surface area contributed by atoms with E-state index in [0.29, 0.717) is 19.7 Å². The molecule has 1 aliphatic heterocycles. The quantitative estimate of drug-likeness (QED) is 0.817. The van der Waals surface area contributed by atoms with Crippen LogP contribution in [0.2, 0.25) is 0 Å². The van der Waals surface area contributed by atoms with E-state index in [-0.39, 0.29) is 11.4 Å². The van der Waals surface area contributed by atoms with Gasteiger partial charge in [-0.1, -0.05) is 40.9 Å². The van der Waals surface area contributed by atoms with E-state index in [4.69, 9.17) is 4.74 Å². The first-order valence-electron chi connectivity index (χ1n) is 7.43. The van der Waals surface area contributed by atoms with Crippen molar-refractivity contribution < 1.29 is 13.2 Å². The summed E-state index contributed by atoms with van der Waals surface area (Å²) >= 11 is 3.41. The molecule has 3 rings (SSSR count). The molecule has 1 aromatic rings. The number of hydrogen-bond donors (Lipinski definition) is 0. The Morgan fingerprint density at radius 3 is 2.48 bits per heavy atom. The summed E-state index contributed by atoms with van der Waals surface area (Å²) in [6, 6.07) is 7.90. The number of hydrogen-bond acceptors (Lipinski definition) is 3. The maximum Gasteiger partial charge on any atom is 0.217 e. The van der Waals surface area contributed by atoms with Crippen molar-refractivity contribution in [3.63, 3.8) is 0 Å². The number of rotatable bonds is 3. The molecule has 2 fully saturated rings. The minimum atomic E-state index is -3.17. The van der Waals surface area contributed by atoms with Crippen LogP contribution in [0.15, 0.2) is 28.7 Å². The van der Waals surface area contributed by atoms with E-state index in [1.165, 1.54) is 0 Å². The molecule has 0 spiro atoms. The number of morpholine rings is 1. The highest BCUT2D eigenvalue weighted by molar-refractivity contribution is 9.10. The summed E-state index contributed by atoms with van der Waals surface area (Å²) in [5.41, 5.74) is 1.03. The fourth-order valence-corrected chi connectivity index (χ4v) is 5.42. The van der Waals surface area contributed by atoms with Gasteiger partial charge in [0.1, 0.15) is 0 Å². The van der Waals surface area contributed by atoms with Crippen LogP contribution in [0.5, 0.6) is 0 Å². The Hall–Kier alpha value is -0.430. The van der Waals surface area contributed by atoms with Gasteiger partial charge < -0.3 is 4.74 Å². The van der Waals surface area contributed by atoms with Crippen molar-refractivity contribution >= 4 is 26.0 Å². The number of halogens is 1. The van der Waals surface area contributed by atoms with Gasteiger partial charge in [0, 0.05) is 17.6 Å². The summed E-state index contributed by atoms with van der Waals surface area (Å²) in [6.45, 7) is 1.37. The predicted octanol–water partition coefficient (Wildman–Crippen LogP) is 3.09. The molecule has 21 heavy (non-hydrogen) atoms. The smallest absolute Gasteiger partial charge is 0.217 e. The van der Waals surface area contributed by atoms with E-state index in [1.807, 2.05) is 24.3 Å². The standard InChI is InChI=1S/C15H20BrNO3S/c16-13-7-5-12(6-8-13)15-11-17(9-10-20-15)21(18,19)14-3-1-2-4-14/h5-8,14-15H,1-4,9-11H2. The molecule has 4 nitrogen and oxygen atoms in total. The van der Waals surface area contributed by atoms with Crippen LogP contribution in [-0.2, 0) is 14.8 Å². The number of benzene rings is 1. The summed E-state index contributed by atoms with van der Waals surface area (Å²) in [5, 5.41) is -0.179. The zero-order chi connectivity index (χ0) is 14.9. The zero-order valence-corrected chi connectivity index (χ0v) is 14.3. The van der Waals surface area contributed by atoms with E-state index in [1.54, 1.807) is 4.31 Å². The molecular formula is C15H20BrNO3S. The number of sulfonamides is 1. The van der Waals surface area contributed by atoms with Crippen LogP contribution in [0.1, 0.15) is 37.4 Å². The maximum absolute atomic E-state index is 12.7. The SMILES string of the molecule is O=S(=O)(C1CCCC1)N1CCOC(c2ccc(Br)cc2)C1. The Morgan fingerprint density at radius 2 is 1.81 bits per heavy atom. The predicted molar refractivity (Wildman–Crippen MR) is 85.6 cm³/mol. The lowest BCUT2D eigenvalue weighted by Gasteiger charge is -2.34. The van der Waals surface area contributed by atoms with Crippen LogP contribution in [0.25, 0.3) is 0 Å². The molecule has 1 saturated carbocycles. The van der Waals surface area contributed by atoms with E-state index in [9.17, 15) is 8.42 Å². The molecule has 1 aliphatic carbocycles. The van der Waals surface area contributed by atoms with Crippen molar-refractivity contribution in [2.75, 3.05) is 19.7 Å². The molecular weight excluding hydrogens is 354 g/mol. The van der Waals surface area contributed by atoms with Crippen molar-refractivity contribution in [1.82, 2.24) is 4.31 Å². The highest BCUT2D eigenvalue weighted by Crippen LogP contribution is 2.31. The van der Waals surface area contributed by atoms with Gasteiger partial charge in [-0.3, -0.25) is 0 Å². The molecule has 2 aliphatic rings. The third-order valence-electron chi connectivity index (χ3n) is 4.35. The van der Waals surface area contributed by atoms with E-state index in [2.05, 4.69) is 15.9 Å². The molecule has 0 bridgehead atoms. The Balaban J connectivity index is 1.75. The Kier molecular flexibility index (Phi) is 4.69. The Labute approximate surface area is 134 Å².